The summed E-state index contributed by atoms with van der Waals surface area (Å²) in [5.74, 6) is -2.50. The predicted octanol–water partition coefficient (Wildman–Crippen LogP) is 3.25. The summed E-state index contributed by atoms with van der Waals surface area (Å²) in [6.45, 7) is 3.20. The second kappa shape index (κ2) is 7.20. The maximum atomic E-state index is 14.4. The summed E-state index contributed by atoms with van der Waals surface area (Å²) in [4.78, 5) is 25.5. The Morgan fingerprint density at radius 1 is 1.28 bits per heavy atom. The van der Waals surface area contributed by atoms with E-state index >= 15 is 0 Å². The van der Waals surface area contributed by atoms with Gasteiger partial charge < -0.3 is 0 Å². The Labute approximate surface area is 146 Å². The number of hydrogen-bond acceptors (Lipinski definition) is 4. The van der Waals surface area contributed by atoms with Gasteiger partial charge in [0, 0.05) is 24.1 Å². The number of amides is 3. The molecule has 1 N–H and O–H groups in total. The average Bonchev–Trinajstić information content (AvgIpc) is 2.50. The van der Waals surface area contributed by atoms with Crippen molar-refractivity contribution < 1.29 is 27.2 Å². The number of nitrogens with one attached hydrogen (secondary N) is 1. The number of halogens is 4. The van der Waals surface area contributed by atoms with Crippen LogP contribution >= 0.6 is 11.8 Å². The highest BCUT2D eigenvalue weighted by Crippen LogP contribution is 2.33. The van der Waals surface area contributed by atoms with Crippen LogP contribution in [-0.4, -0.2) is 47.4 Å². The van der Waals surface area contributed by atoms with Crippen LogP contribution in [0.4, 0.5) is 22.4 Å². The molecule has 10 heteroatoms. The summed E-state index contributed by atoms with van der Waals surface area (Å²) in [5.41, 5.74) is 2.82. The zero-order chi connectivity index (χ0) is 18.9. The number of carbonyl (C=O) groups is 2. The first kappa shape index (κ1) is 19.5. The fraction of sp³-hybridized carbons (Fsp3) is 0.467. The van der Waals surface area contributed by atoms with Crippen molar-refractivity contribution in [2.75, 3.05) is 19.3 Å². The lowest BCUT2D eigenvalue weighted by Gasteiger charge is -2.37. The van der Waals surface area contributed by atoms with Crippen LogP contribution in [0.25, 0.3) is 0 Å². The van der Waals surface area contributed by atoms with Gasteiger partial charge >= 0.3 is 12.2 Å². The molecule has 1 saturated heterocycles. The summed E-state index contributed by atoms with van der Waals surface area (Å²) in [7, 11) is 1.38. The predicted molar refractivity (Wildman–Crippen MR) is 84.3 cm³/mol. The number of rotatable bonds is 4. The van der Waals surface area contributed by atoms with E-state index < -0.39 is 35.7 Å². The van der Waals surface area contributed by atoms with Crippen LogP contribution in [0.3, 0.4) is 0 Å². The Bertz CT molecular complexity index is 696. The van der Waals surface area contributed by atoms with Crippen molar-refractivity contribution in [2.24, 2.45) is 0 Å². The number of aryl methyl sites for hydroxylation is 1. The number of likely N-dealkylation sites (N-methyl/N-ethyl adjacent to an activating group) is 1. The molecule has 1 aliphatic rings. The molecule has 1 aliphatic heterocycles. The van der Waals surface area contributed by atoms with Gasteiger partial charge in [-0.3, -0.25) is 14.7 Å². The topological polar surface area (TPSA) is 52.7 Å². The summed E-state index contributed by atoms with van der Waals surface area (Å²) in [6.07, 6.45) is -4.36. The first-order valence-electron chi connectivity index (χ1n) is 7.40. The molecule has 3 amide bonds. The standard InChI is InChI=1S/C15H17F4N3O2S/c1-4-22-13(23)12(20-21(3)14(22)24)9-6-11(8(2)5-10(9)16)25-7-15(17,18)19/h5-6,12,20H,4,7H2,1-3H3. The second-order valence-electron chi connectivity index (χ2n) is 5.53. The molecule has 0 radical (unpaired) electrons. The van der Waals surface area contributed by atoms with Gasteiger partial charge in [0.05, 0.1) is 5.75 Å². The number of nitrogens with zero attached hydrogens (tertiary/aromatic N) is 2. The fourth-order valence-electron chi connectivity index (χ4n) is 2.43. The molecule has 1 atom stereocenters. The van der Waals surface area contributed by atoms with Gasteiger partial charge in [0.1, 0.15) is 11.9 Å². The number of benzene rings is 1. The molecule has 1 heterocycles. The monoisotopic (exact) mass is 379 g/mol. The SMILES string of the molecule is CCN1C(=O)C(c2cc(SCC(F)(F)F)c(C)cc2F)NN(C)C1=O. The highest BCUT2D eigenvalue weighted by atomic mass is 32.2. The lowest BCUT2D eigenvalue weighted by Crippen LogP contribution is -2.60. The molecule has 0 spiro atoms. The average molecular weight is 379 g/mol. The van der Waals surface area contributed by atoms with E-state index in [9.17, 15) is 27.2 Å². The van der Waals surface area contributed by atoms with Crippen LogP contribution in [0.2, 0.25) is 0 Å². The van der Waals surface area contributed by atoms with Gasteiger partial charge in [-0.1, -0.05) is 0 Å². The van der Waals surface area contributed by atoms with Gasteiger partial charge in [-0.05, 0) is 31.5 Å². The van der Waals surface area contributed by atoms with E-state index in [0.29, 0.717) is 17.3 Å². The number of imide groups is 1. The maximum absolute atomic E-state index is 14.4. The number of thioether (sulfide) groups is 1. The smallest absolute Gasteiger partial charge is 0.272 e. The molecule has 0 bridgehead atoms. The van der Waals surface area contributed by atoms with Gasteiger partial charge in [0.15, 0.2) is 0 Å². The zero-order valence-electron chi connectivity index (χ0n) is 13.8. The molecular formula is C15H17F4N3O2S. The van der Waals surface area contributed by atoms with Crippen molar-refractivity contribution in [1.29, 1.82) is 0 Å². The van der Waals surface area contributed by atoms with Crippen molar-refractivity contribution in [3.8, 4) is 0 Å². The molecular weight excluding hydrogens is 362 g/mol. The summed E-state index contributed by atoms with van der Waals surface area (Å²) in [5, 5.41) is 1.05. The van der Waals surface area contributed by atoms with Gasteiger partial charge in [0.2, 0.25) is 0 Å². The van der Waals surface area contributed by atoms with E-state index in [1.165, 1.54) is 20.0 Å². The zero-order valence-corrected chi connectivity index (χ0v) is 14.6. The third kappa shape index (κ3) is 4.24. The first-order chi connectivity index (χ1) is 11.5. The van der Waals surface area contributed by atoms with Crippen LogP contribution in [-0.2, 0) is 4.79 Å². The Hall–Kier alpha value is -1.81. The van der Waals surface area contributed by atoms with Crippen LogP contribution in [0, 0.1) is 12.7 Å². The first-order valence-corrected chi connectivity index (χ1v) is 8.38. The van der Waals surface area contributed by atoms with E-state index in [1.54, 1.807) is 6.92 Å². The molecule has 0 aliphatic carbocycles. The van der Waals surface area contributed by atoms with E-state index in [0.717, 1.165) is 16.0 Å². The van der Waals surface area contributed by atoms with E-state index in [4.69, 9.17) is 0 Å². The molecule has 1 aromatic rings. The minimum Gasteiger partial charge on any atom is -0.272 e. The molecule has 1 aromatic carbocycles. The van der Waals surface area contributed by atoms with Gasteiger partial charge in [-0.15, -0.1) is 11.8 Å². The van der Waals surface area contributed by atoms with E-state index in [-0.39, 0.29) is 17.0 Å². The molecule has 138 valence electrons. The number of alkyl halides is 3. The van der Waals surface area contributed by atoms with Crippen molar-refractivity contribution >= 4 is 23.7 Å². The summed E-state index contributed by atoms with van der Waals surface area (Å²) in [6, 6.07) is 0.556. The molecule has 0 aromatic heterocycles. The second-order valence-corrected chi connectivity index (χ2v) is 6.55. The van der Waals surface area contributed by atoms with E-state index in [2.05, 4.69) is 5.43 Å². The Morgan fingerprint density at radius 3 is 2.48 bits per heavy atom. The van der Waals surface area contributed by atoms with Crippen LogP contribution in [0.1, 0.15) is 24.1 Å². The molecule has 1 unspecified atom stereocenters. The van der Waals surface area contributed by atoms with Crippen LogP contribution in [0.15, 0.2) is 17.0 Å². The van der Waals surface area contributed by atoms with Gasteiger partial charge in [0.25, 0.3) is 5.91 Å². The lowest BCUT2D eigenvalue weighted by molar-refractivity contribution is -0.135. The lowest BCUT2D eigenvalue weighted by atomic mass is 10.0. The van der Waals surface area contributed by atoms with Crippen molar-refractivity contribution in [2.45, 2.75) is 31.0 Å². The Morgan fingerprint density at radius 2 is 1.92 bits per heavy atom. The summed E-state index contributed by atoms with van der Waals surface area (Å²) < 4.78 is 51.7. The minimum atomic E-state index is -4.36. The molecule has 25 heavy (non-hydrogen) atoms. The van der Waals surface area contributed by atoms with Crippen molar-refractivity contribution in [3.63, 3.8) is 0 Å². The largest absolute Gasteiger partial charge is 0.398 e. The molecule has 0 saturated carbocycles. The molecule has 5 nitrogen and oxygen atoms in total. The third-order valence-corrected chi connectivity index (χ3v) is 4.89. The van der Waals surface area contributed by atoms with Crippen LogP contribution in [0.5, 0.6) is 0 Å². The highest BCUT2D eigenvalue weighted by molar-refractivity contribution is 7.99. The Kier molecular flexibility index (Phi) is 5.62. The normalized spacial score (nSPS) is 18.9. The number of hydrazine groups is 1. The fourth-order valence-corrected chi connectivity index (χ4v) is 3.25. The maximum Gasteiger partial charge on any atom is 0.398 e. The number of urea groups is 1. The van der Waals surface area contributed by atoms with Crippen molar-refractivity contribution in [1.82, 2.24) is 15.3 Å². The molecule has 2 rings (SSSR count). The molecule has 1 fully saturated rings. The van der Waals surface area contributed by atoms with Crippen molar-refractivity contribution in [3.05, 3.63) is 29.1 Å². The van der Waals surface area contributed by atoms with Gasteiger partial charge in [-0.25, -0.2) is 14.6 Å². The Balaban J connectivity index is 2.37. The highest BCUT2D eigenvalue weighted by Gasteiger charge is 2.39. The number of carbonyl (C=O) groups excluding carboxylic acids is 2. The summed E-state index contributed by atoms with van der Waals surface area (Å²) >= 11 is 0.525. The van der Waals surface area contributed by atoms with E-state index in [1.807, 2.05) is 0 Å². The quantitative estimate of drug-likeness (QED) is 0.645. The van der Waals surface area contributed by atoms with Gasteiger partial charge in [-0.2, -0.15) is 13.2 Å². The van der Waals surface area contributed by atoms with Crippen LogP contribution < -0.4 is 5.43 Å². The third-order valence-electron chi connectivity index (χ3n) is 3.67. The minimum absolute atomic E-state index is 0.0990. The number of hydrogen-bond donors (Lipinski definition) is 1.